The minimum atomic E-state index is -3.61. The van der Waals surface area contributed by atoms with Crippen LogP contribution in [-0.2, 0) is 27.1 Å². The predicted octanol–water partition coefficient (Wildman–Crippen LogP) is 4.25. The molecule has 0 saturated carbocycles. The van der Waals surface area contributed by atoms with E-state index in [4.69, 9.17) is 27.9 Å². The third kappa shape index (κ3) is 6.59. The van der Waals surface area contributed by atoms with Gasteiger partial charge >= 0.3 is 0 Å². The number of hydrogen-bond donors (Lipinski definition) is 1. The summed E-state index contributed by atoms with van der Waals surface area (Å²) in [5.74, 6) is -0.00255. The Bertz CT molecular complexity index is 1030. The summed E-state index contributed by atoms with van der Waals surface area (Å²) in [7, 11) is -3.61. The lowest BCUT2D eigenvalue weighted by molar-refractivity contribution is -0.126. The summed E-state index contributed by atoms with van der Waals surface area (Å²) >= 11 is 12.0. The average Bonchev–Trinajstić information content (AvgIpc) is 2.75. The molecule has 168 valence electrons. The Hall–Kier alpha value is -1.80. The average molecular weight is 485 g/mol. The van der Waals surface area contributed by atoms with Gasteiger partial charge in [0, 0.05) is 29.7 Å². The van der Waals surface area contributed by atoms with Crippen molar-refractivity contribution in [2.24, 2.45) is 5.92 Å². The summed E-state index contributed by atoms with van der Waals surface area (Å²) in [6.07, 6.45) is 1.28. The van der Waals surface area contributed by atoms with Crippen molar-refractivity contribution in [2.75, 3.05) is 19.7 Å². The molecule has 2 aromatic carbocycles. The second-order valence-corrected chi connectivity index (χ2v) is 10.3. The van der Waals surface area contributed by atoms with E-state index in [1.165, 1.54) is 10.4 Å². The van der Waals surface area contributed by atoms with Crippen molar-refractivity contribution >= 4 is 39.1 Å². The third-order valence-corrected chi connectivity index (χ3v) is 7.56. The largest absolute Gasteiger partial charge is 0.494 e. The summed E-state index contributed by atoms with van der Waals surface area (Å²) in [5, 5.41) is 3.69. The van der Waals surface area contributed by atoms with Crippen LogP contribution in [0.3, 0.4) is 0 Å². The minimum absolute atomic E-state index is 0.147. The number of carbonyl (C=O) groups is 1. The van der Waals surface area contributed by atoms with Gasteiger partial charge in [-0.25, -0.2) is 12.7 Å². The maximum atomic E-state index is 12.9. The quantitative estimate of drug-likeness (QED) is 0.607. The SMILES string of the molecule is CCOc1cccc(CNC(=O)C2CCCN(S(=O)(=O)Cc3ccc(Cl)cc3Cl)C2)c1. The van der Waals surface area contributed by atoms with E-state index in [0.717, 1.165) is 11.3 Å². The van der Waals surface area contributed by atoms with Crippen molar-refractivity contribution < 1.29 is 17.9 Å². The van der Waals surface area contributed by atoms with E-state index < -0.39 is 10.0 Å². The maximum absolute atomic E-state index is 12.9. The van der Waals surface area contributed by atoms with E-state index in [9.17, 15) is 13.2 Å². The number of rotatable bonds is 8. The van der Waals surface area contributed by atoms with Crippen molar-refractivity contribution in [1.82, 2.24) is 9.62 Å². The number of nitrogens with zero attached hydrogens (tertiary/aromatic N) is 1. The second-order valence-electron chi connectivity index (χ2n) is 7.49. The molecule has 0 radical (unpaired) electrons. The molecule has 0 aromatic heterocycles. The van der Waals surface area contributed by atoms with Crippen LogP contribution in [0.4, 0.5) is 0 Å². The lowest BCUT2D eigenvalue weighted by atomic mass is 9.99. The van der Waals surface area contributed by atoms with Gasteiger partial charge < -0.3 is 10.1 Å². The zero-order valence-electron chi connectivity index (χ0n) is 17.3. The second kappa shape index (κ2) is 10.7. The molecule has 1 N–H and O–H groups in total. The first-order valence-electron chi connectivity index (χ1n) is 10.2. The highest BCUT2D eigenvalue weighted by Crippen LogP contribution is 2.26. The Morgan fingerprint density at radius 1 is 1.23 bits per heavy atom. The molecule has 1 aliphatic heterocycles. The molecule has 1 saturated heterocycles. The maximum Gasteiger partial charge on any atom is 0.224 e. The fourth-order valence-electron chi connectivity index (χ4n) is 3.58. The smallest absolute Gasteiger partial charge is 0.224 e. The van der Waals surface area contributed by atoms with Crippen LogP contribution in [0, 0.1) is 5.92 Å². The van der Waals surface area contributed by atoms with Gasteiger partial charge in [0.05, 0.1) is 18.3 Å². The fraction of sp³-hybridized carbons (Fsp3) is 0.409. The number of sulfonamides is 1. The molecule has 31 heavy (non-hydrogen) atoms. The van der Waals surface area contributed by atoms with Crippen LogP contribution in [0.25, 0.3) is 0 Å². The zero-order chi connectivity index (χ0) is 22.4. The van der Waals surface area contributed by atoms with Crippen LogP contribution < -0.4 is 10.1 Å². The van der Waals surface area contributed by atoms with Crippen LogP contribution in [0.15, 0.2) is 42.5 Å². The van der Waals surface area contributed by atoms with E-state index in [0.29, 0.717) is 48.1 Å². The molecular weight excluding hydrogens is 459 g/mol. The summed E-state index contributed by atoms with van der Waals surface area (Å²) in [4.78, 5) is 12.7. The van der Waals surface area contributed by atoms with Crippen LogP contribution in [0.1, 0.15) is 30.9 Å². The van der Waals surface area contributed by atoms with Gasteiger partial charge in [-0.3, -0.25) is 4.79 Å². The van der Waals surface area contributed by atoms with Crippen molar-refractivity contribution in [3.05, 3.63) is 63.6 Å². The molecule has 1 aliphatic rings. The molecule has 2 aromatic rings. The summed E-state index contributed by atoms with van der Waals surface area (Å²) in [6.45, 7) is 3.41. The van der Waals surface area contributed by atoms with E-state index in [2.05, 4.69) is 5.32 Å². The summed E-state index contributed by atoms with van der Waals surface area (Å²) in [5.41, 5.74) is 1.42. The molecular formula is C22H26Cl2N2O4S. The van der Waals surface area contributed by atoms with E-state index >= 15 is 0 Å². The molecule has 0 bridgehead atoms. The highest BCUT2D eigenvalue weighted by molar-refractivity contribution is 7.88. The van der Waals surface area contributed by atoms with Gasteiger partial charge in [0.2, 0.25) is 15.9 Å². The number of hydrogen-bond acceptors (Lipinski definition) is 4. The number of nitrogens with one attached hydrogen (secondary N) is 1. The molecule has 9 heteroatoms. The Morgan fingerprint density at radius 3 is 2.77 bits per heavy atom. The van der Waals surface area contributed by atoms with Gasteiger partial charge in [0.25, 0.3) is 0 Å². The first kappa shape index (κ1) is 23.9. The fourth-order valence-corrected chi connectivity index (χ4v) is 5.78. The van der Waals surface area contributed by atoms with Gasteiger partial charge in [-0.1, -0.05) is 41.4 Å². The van der Waals surface area contributed by atoms with Crippen LogP contribution in [-0.4, -0.2) is 38.3 Å². The summed E-state index contributed by atoms with van der Waals surface area (Å²) in [6, 6.07) is 12.3. The Balaban J connectivity index is 1.60. The van der Waals surface area contributed by atoms with Crippen LogP contribution >= 0.6 is 23.2 Å². The molecule has 1 fully saturated rings. The number of ether oxygens (including phenoxy) is 1. The zero-order valence-corrected chi connectivity index (χ0v) is 19.6. The van der Waals surface area contributed by atoms with Crippen molar-refractivity contribution in [3.63, 3.8) is 0 Å². The minimum Gasteiger partial charge on any atom is -0.494 e. The van der Waals surface area contributed by atoms with Gasteiger partial charge in [-0.15, -0.1) is 0 Å². The Labute approximate surface area is 193 Å². The number of benzene rings is 2. The lowest BCUT2D eigenvalue weighted by Gasteiger charge is -2.31. The first-order valence-corrected chi connectivity index (χ1v) is 12.6. The van der Waals surface area contributed by atoms with Gasteiger partial charge in [0.15, 0.2) is 0 Å². The predicted molar refractivity (Wildman–Crippen MR) is 123 cm³/mol. The highest BCUT2D eigenvalue weighted by Gasteiger charge is 2.32. The van der Waals surface area contributed by atoms with Gasteiger partial charge in [-0.05, 0) is 55.2 Å². The van der Waals surface area contributed by atoms with E-state index in [1.807, 2.05) is 31.2 Å². The van der Waals surface area contributed by atoms with Crippen molar-refractivity contribution in [2.45, 2.75) is 32.1 Å². The van der Waals surface area contributed by atoms with Crippen LogP contribution in [0.5, 0.6) is 5.75 Å². The van der Waals surface area contributed by atoms with E-state index in [-0.39, 0.29) is 24.1 Å². The molecule has 1 atom stereocenters. The number of amides is 1. The van der Waals surface area contributed by atoms with Crippen LogP contribution in [0.2, 0.25) is 10.0 Å². The molecule has 0 aliphatic carbocycles. The van der Waals surface area contributed by atoms with Gasteiger partial charge in [-0.2, -0.15) is 0 Å². The number of piperidine rings is 1. The molecule has 1 unspecified atom stereocenters. The summed E-state index contributed by atoms with van der Waals surface area (Å²) < 4.78 is 32.7. The molecule has 0 spiro atoms. The lowest BCUT2D eigenvalue weighted by Crippen LogP contribution is -2.45. The molecule has 6 nitrogen and oxygen atoms in total. The van der Waals surface area contributed by atoms with Crippen molar-refractivity contribution in [3.8, 4) is 5.75 Å². The Kier molecular flexibility index (Phi) is 8.22. The molecule has 1 amide bonds. The molecule has 1 heterocycles. The monoisotopic (exact) mass is 484 g/mol. The van der Waals surface area contributed by atoms with E-state index in [1.54, 1.807) is 12.1 Å². The topological polar surface area (TPSA) is 75.7 Å². The third-order valence-electron chi connectivity index (χ3n) is 5.18. The standard InChI is InChI=1S/C22H26Cl2N2O4S/c1-2-30-20-7-3-5-16(11-20)13-25-22(27)17-6-4-10-26(14-17)31(28,29)15-18-8-9-19(23)12-21(18)24/h3,5,7-9,11-12,17H,2,4,6,10,13-15H2,1H3,(H,25,27). The number of halogens is 2. The highest BCUT2D eigenvalue weighted by atomic mass is 35.5. The molecule has 3 rings (SSSR count). The normalized spacial score (nSPS) is 17.3. The Morgan fingerprint density at radius 2 is 2.03 bits per heavy atom. The first-order chi connectivity index (χ1) is 14.8. The van der Waals surface area contributed by atoms with Gasteiger partial charge in [0.1, 0.15) is 5.75 Å². The van der Waals surface area contributed by atoms with Crippen molar-refractivity contribution in [1.29, 1.82) is 0 Å². The number of carbonyl (C=O) groups excluding carboxylic acids is 1.